The number of hydrogen-bond donors (Lipinski definition) is 2. The lowest BCUT2D eigenvalue weighted by Gasteiger charge is -2.43. The van der Waals surface area contributed by atoms with Crippen molar-refractivity contribution in [2.24, 2.45) is 11.8 Å². The van der Waals surface area contributed by atoms with Crippen LogP contribution in [-0.2, 0) is 30.3 Å². The SMILES string of the molecule is COC(=O)C1=C(CCc2nccs2)NC(CC(=O)N2CCN(C3CC4CCC(C3)C4O)CC2)=C(C(=O)OC)C1c1c(Cl)cccc1Cl. The number of allylic oxidation sites excluding steroid dienone is 1. The number of hydrogen-bond acceptors (Lipinski definition) is 10. The normalized spacial score (nSPS) is 26.3. The number of halogens is 2. The Bertz CT molecular complexity index is 1540. The van der Waals surface area contributed by atoms with Crippen LogP contribution in [0.1, 0.15) is 55.0 Å². The summed E-state index contributed by atoms with van der Waals surface area (Å²) in [7, 11) is 2.54. The molecule has 10 nitrogen and oxygen atoms in total. The molecule has 0 spiro atoms. The van der Waals surface area contributed by atoms with E-state index in [-0.39, 0.29) is 39.6 Å². The molecule has 4 aliphatic rings. The molecule has 0 radical (unpaired) electrons. The quantitative estimate of drug-likeness (QED) is 0.358. The molecule has 3 atom stereocenters. The lowest BCUT2D eigenvalue weighted by atomic mass is 9.78. The van der Waals surface area contributed by atoms with Crippen LogP contribution in [0.2, 0.25) is 10.0 Å². The Hall–Kier alpha value is -2.96. The van der Waals surface area contributed by atoms with Crippen LogP contribution in [-0.4, -0.2) is 90.3 Å². The lowest BCUT2D eigenvalue weighted by molar-refractivity contribution is -0.137. The molecular weight excluding hydrogens is 663 g/mol. The summed E-state index contributed by atoms with van der Waals surface area (Å²) in [6.45, 7) is 2.64. The third-order valence-corrected chi connectivity index (χ3v) is 11.7. The number of benzene rings is 1. The maximum absolute atomic E-state index is 13.9. The first-order chi connectivity index (χ1) is 22.7. The van der Waals surface area contributed by atoms with Crippen LogP contribution in [0.3, 0.4) is 0 Å². The van der Waals surface area contributed by atoms with Gasteiger partial charge in [0.2, 0.25) is 5.91 Å². The predicted octanol–water partition coefficient (Wildman–Crippen LogP) is 4.71. The monoisotopic (exact) mass is 702 g/mol. The van der Waals surface area contributed by atoms with E-state index in [1.807, 2.05) is 10.3 Å². The van der Waals surface area contributed by atoms with Crippen molar-refractivity contribution in [1.82, 2.24) is 20.1 Å². The van der Waals surface area contributed by atoms with E-state index in [0.717, 1.165) is 43.8 Å². The highest BCUT2D eigenvalue weighted by atomic mass is 35.5. The zero-order chi connectivity index (χ0) is 33.2. The molecule has 2 saturated carbocycles. The third kappa shape index (κ3) is 6.96. The Kier molecular flexibility index (Phi) is 10.6. The summed E-state index contributed by atoms with van der Waals surface area (Å²) in [6, 6.07) is 5.41. The highest BCUT2D eigenvalue weighted by molar-refractivity contribution is 7.09. The van der Waals surface area contributed by atoms with Crippen LogP contribution in [0.25, 0.3) is 0 Å². The molecule has 1 aromatic carbocycles. The Morgan fingerprint density at radius 1 is 0.957 bits per heavy atom. The minimum atomic E-state index is -1.04. The van der Waals surface area contributed by atoms with Crippen molar-refractivity contribution >= 4 is 52.4 Å². The first-order valence-electron chi connectivity index (χ1n) is 16.1. The van der Waals surface area contributed by atoms with E-state index >= 15 is 0 Å². The number of nitrogens with one attached hydrogen (secondary N) is 1. The van der Waals surface area contributed by atoms with Crippen LogP contribution in [0.4, 0.5) is 0 Å². The Labute approximate surface area is 288 Å². The van der Waals surface area contributed by atoms with Gasteiger partial charge in [0, 0.05) is 77.2 Å². The van der Waals surface area contributed by atoms with Crippen LogP contribution in [0, 0.1) is 11.8 Å². The lowest BCUT2D eigenvalue weighted by Crippen LogP contribution is -2.54. The molecule has 3 unspecified atom stereocenters. The second kappa shape index (κ2) is 14.7. The van der Waals surface area contributed by atoms with Gasteiger partial charge >= 0.3 is 11.9 Å². The molecule has 3 fully saturated rings. The van der Waals surface area contributed by atoms with E-state index < -0.39 is 17.9 Å². The van der Waals surface area contributed by atoms with E-state index in [1.54, 1.807) is 24.4 Å². The molecule has 13 heteroatoms. The second-order valence-corrected chi connectivity index (χ2v) is 14.5. The standard InChI is InChI=1S/C34H40Cl2N4O6S/c1-45-33(43)29-24(8-9-26-37-10-15-47-26)38-25(30(34(44)46-2)31(29)28-22(35)4-3-5-23(28)36)18-27(41)40-13-11-39(12-14-40)21-16-19-6-7-20(17-21)32(19)42/h3-5,10,15,19-21,31-32,38,42H,6-9,11-14,16-18H2,1-2H3. The number of aliphatic hydroxyl groups excluding tert-OH is 1. The van der Waals surface area contributed by atoms with Crippen molar-refractivity contribution in [1.29, 1.82) is 0 Å². The molecule has 1 saturated heterocycles. The number of nitrogens with zero attached hydrogens (tertiary/aromatic N) is 3. The van der Waals surface area contributed by atoms with Gasteiger partial charge in [0.1, 0.15) is 0 Å². The number of ether oxygens (including phenoxy) is 2. The fraction of sp³-hybridized carbons (Fsp3) is 0.529. The van der Waals surface area contributed by atoms with Gasteiger partial charge in [0.05, 0.1) is 48.8 Å². The molecule has 2 bridgehead atoms. The van der Waals surface area contributed by atoms with Crippen LogP contribution in [0.15, 0.2) is 52.3 Å². The average Bonchev–Trinajstić information content (AvgIpc) is 3.65. The molecule has 6 rings (SSSR count). The number of aromatic nitrogens is 1. The van der Waals surface area contributed by atoms with Gasteiger partial charge in [-0.1, -0.05) is 29.3 Å². The molecule has 2 N–H and O–H groups in total. The summed E-state index contributed by atoms with van der Waals surface area (Å²) >= 11 is 14.9. The first kappa shape index (κ1) is 33.9. The van der Waals surface area contributed by atoms with Gasteiger partial charge in [-0.2, -0.15) is 0 Å². The van der Waals surface area contributed by atoms with E-state index in [1.165, 1.54) is 25.6 Å². The minimum Gasteiger partial charge on any atom is -0.466 e. The molecule has 2 aromatic rings. The number of aryl methyl sites for hydroxylation is 1. The van der Waals surface area contributed by atoms with Crippen molar-refractivity contribution in [3.63, 3.8) is 0 Å². The van der Waals surface area contributed by atoms with Gasteiger partial charge in [-0.3, -0.25) is 9.69 Å². The number of dihydropyridines is 1. The Morgan fingerprint density at radius 2 is 1.57 bits per heavy atom. The smallest absolute Gasteiger partial charge is 0.336 e. The summed E-state index contributed by atoms with van der Waals surface area (Å²) < 4.78 is 10.5. The predicted molar refractivity (Wildman–Crippen MR) is 179 cm³/mol. The molecule has 1 amide bonds. The molecular formula is C34H40Cl2N4O6S. The molecule has 2 aliphatic carbocycles. The van der Waals surface area contributed by atoms with E-state index in [9.17, 15) is 19.5 Å². The maximum atomic E-state index is 13.9. The Balaban J connectivity index is 1.29. The fourth-order valence-corrected chi connectivity index (χ4v) is 9.13. The number of carbonyl (C=O) groups is 3. The maximum Gasteiger partial charge on any atom is 0.336 e. The molecule has 1 aromatic heterocycles. The van der Waals surface area contributed by atoms with Crippen molar-refractivity contribution < 1.29 is 29.0 Å². The van der Waals surface area contributed by atoms with Crippen molar-refractivity contribution in [2.75, 3.05) is 40.4 Å². The summed E-state index contributed by atoms with van der Waals surface area (Å²) in [5.74, 6) is -1.78. The molecule has 3 heterocycles. The van der Waals surface area contributed by atoms with E-state index in [0.29, 0.717) is 60.8 Å². The van der Waals surface area contributed by atoms with Gasteiger partial charge in [0.25, 0.3) is 0 Å². The van der Waals surface area contributed by atoms with Crippen LogP contribution >= 0.6 is 34.5 Å². The van der Waals surface area contributed by atoms with Crippen LogP contribution < -0.4 is 5.32 Å². The van der Waals surface area contributed by atoms with Crippen molar-refractivity contribution in [2.45, 2.75) is 63.0 Å². The second-order valence-electron chi connectivity index (χ2n) is 12.7. The fourth-order valence-electron chi connectivity index (χ4n) is 7.89. The summed E-state index contributed by atoms with van der Waals surface area (Å²) in [6.07, 6.45) is 6.53. The van der Waals surface area contributed by atoms with Gasteiger partial charge in [-0.25, -0.2) is 14.6 Å². The topological polar surface area (TPSA) is 121 Å². The van der Waals surface area contributed by atoms with Crippen molar-refractivity contribution in [3.05, 3.63) is 72.9 Å². The molecule has 252 valence electrons. The number of amides is 1. The van der Waals surface area contributed by atoms with Gasteiger partial charge in [-0.15, -0.1) is 11.3 Å². The van der Waals surface area contributed by atoms with Gasteiger partial charge in [-0.05, 0) is 56.1 Å². The average molecular weight is 704 g/mol. The highest BCUT2D eigenvalue weighted by Crippen LogP contribution is 2.46. The number of carbonyl (C=O) groups excluding carboxylic acids is 3. The number of methoxy groups -OCH3 is 2. The summed E-state index contributed by atoms with van der Waals surface area (Å²) in [5, 5.41) is 17.1. The summed E-state index contributed by atoms with van der Waals surface area (Å²) in [4.78, 5) is 49.7. The number of aliphatic hydroxyl groups is 1. The van der Waals surface area contributed by atoms with E-state index in [4.69, 9.17) is 32.7 Å². The number of esters is 2. The summed E-state index contributed by atoms with van der Waals surface area (Å²) in [5.41, 5.74) is 1.46. The van der Waals surface area contributed by atoms with E-state index in [2.05, 4.69) is 15.2 Å². The number of fused-ring (bicyclic) bond motifs is 2. The number of rotatable bonds is 9. The van der Waals surface area contributed by atoms with Crippen LogP contribution in [0.5, 0.6) is 0 Å². The largest absolute Gasteiger partial charge is 0.466 e. The van der Waals surface area contributed by atoms with Crippen molar-refractivity contribution in [3.8, 4) is 0 Å². The molecule has 47 heavy (non-hydrogen) atoms. The zero-order valence-corrected chi connectivity index (χ0v) is 28.9. The Morgan fingerprint density at radius 3 is 2.15 bits per heavy atom. The van der Waals surface area contributed by atoms with Gasteiger partial charge < -0.3 is 24.8 Å². The third-order valence-electron chi connectivity index (χ3n) is 10.2. The molecule has 2 aliphatic heterocycles. The first-order valence-corrected chi connectivity index (χ1v) is 17.8. The minimum absolute atomic E-state index is 0.0872. The number of thiazole rings is 1. The zero-order valence-electron chi connectivity index (χ0n) is 26.5. The van der Waals surface area contributed by atoms with Gasteiger partial charge in [0.15, 0.2) is 0 Å². The number of piperazine rings is 1. The highest BCUT2D eigenvalue weighted by Gasteiger charge is 2.45.